The molecule has 204 valence electrons. The van der Waals surface area contributed by atoms with Crippen LogP contribution in [0.2, 0.25) is 5.02 Å². The maximum atomic E-state index is 13.7. The van der Waals surface area contributed by atoms with E-state index in [9.17, 15) is 36.7 Å². The van der Waals surface area contributed by atoms with Gasteiger partial charge in [-0.3, -0.25) is 31.6 Å². The molecule has 2 aromatic carbocycles. The van der Waals surface area contributed by atoms with E-state index < -0.39 is 62.6 Å². The molecule has 1 aliphatic rings. The molecule has 10 nitrogen and oxygen atoms in total. The second-order valence-electron chi connectivity index (χ2n) is 8.24. The fraction of sp³-hybridized carbons (Fsp3) is 0.261. The summed E-state index contributed by atoms with van der Waals surface area (Å²) in [6, 6.07) is 7.69. The molecule has 0 saturated carbocycles. The van der Waals surface area contributed by atoms with Crippen LogP contribution in [0.4, 0.5) is 24.5 Å². The van der Waals surface area contributed by atoms with Crippen molar-refractivity contribution < 1.29 is 31.8 Å². The number of aromatic nitrogens is 2. The fourth-order valence-electron chi connectivity index (χ4n) is 4.09. The van der Waals surface area contributed by atoms with Crippen LogP contribution in [0.1, 0.15) is 28.4 Å². The maximum Gasteiger partial charge on any atom is 0.418 e. The Morgan fingerprint density at radius 2 is 1.74 bits per heavy atom. The van der Waals surface area contributed by atoms with Gasteiger partial charge in [0, 0.05) is 20.3 Å². The molecule has 0 spiro atoms. The number of esters is 1. The summed E-state index contributed by atoms with van der Waals surface area (Å²) in [6.45, 7) is 0.561. The Kier molecular flexibility index (Phi) is 7.03. The number of halogens is 4. The number of benzene rings is 2. The molecule has 0 radical (unpaired) electrons. The normalized spacial score (nSPS) is 15.4. The lowest BCUT2D eigenvalue weighted by atomic mass is 10.1. The van der Waals surface area contributed by atoms with Crippen molar-refractivity contribution in [1.82, 2.24) is 9.13 Å². The highest BCUT2D eigenvalue weighted by Gasteiger charge is 2.37. The molecule has 15 heteroatoms. The van der Waals surface area contributed by atoms with E-state index in [1.807, 2.05) is 0 Å². The summed E-state index contributed by atoms with van der Waals surface area (Å²) in [5, 5.41) is -0.616. The third-order valence-electron chi connectivity index (χ3n) is 6.03. The Balaban J connectivity index is 1.95. The molecule has 0 atom stereocenters. The molecule has 0 amide bonds. The van der Waals surface area contributed by atoms with Gasteiger partial charge in [0.1, 0.15) is 5.56 Å². The van der Waals surface area contributed by atoms with Crippen molar-refractivity contribution in [3.63, 3.8) is 0 Å². The van der Waals surface area contributed by atoms with Gasteiger partial charge in [-0.25, -0.2) is 9.59 Å². The van der Waals surface area contributed by atoms with Crippen LogP contribution in [0, 0.1) is 0 Å². The lowest BCUT2D eigenvalue weighted by Gasteiger charge is -2.40. The number of fused-ring (bicyclic) bond motifs is 1. The van der Waals surface area contributed by atoms with Crippen LogP contribution in [0.3, 0.4) is 0 Å². The Morgan fingerprint density at radius 1 is 1.08 bits per heavy atom. The zero-order valence-electron chi connectivity index (χ0n) is 20.2. The largest absolute Gasteiger partial charge is 0.462 e. The molecule has 2 N–H and O–H groups in total. The van der Waals surface area contributed by atoms with Crippen LogP contribution >= 0.6 is 22.6 Å². The van der Waals surface area contributed by atoms with Gasteiger partial charge in [-0.15, -0.1) is 0 Å². The number of hydrogen-bond acceptors (Lipinski definition) is 8. The summed E-state index contributed by atoms with van der Waals surface area (Å²) in [5.41, 5.74) is -3.60. The van der Waals surface area contributed by atoms with Gasteiger partial charge in [0.2, 0.25) is 0 Å². The van der Waals surface area contributed by atoms with Crippen LogP contribution < -0.4 is 19.9 Å². The smallest absolute Gasteiger partial charge is 0.418 e. The minimum Gasteiger partial charge on any atom is -0.462 e. The lowest BCUT2D eigenvalue weighted by molar-refractivity contribution is -0.138. The van der Waals surface area contributed by atoms with Gasteiger partial charge in [-0.1, -0.05) is 23.7 Å². The number of nitrogens with zero attached hydrogens (tertiary/aromatic N) is 4. The highest BCUT2D eigenvalue weighted by atomic mass is 35.5. The molecule has 4 rings (SSSR count). The van der Waals surface area contributed by atoms with Gasteiger partial charge < -0.3 is 4.74 Å². The van der Waals surface area contributed by atoms with Crippen LogP contribution in [0.15, 0.2) is 52.2 Å². The zero-order chi connectivity index (χ0) is 28.2. The number of ether oxygens (including phenoxy) is 1. The first kappa shape index (κ1) is 27.6. The average molecular weight is 575 g/mol. The second kappa shape index (κ2) is 9.69. The van der Waals surface area contributed by atoms with Gasteiger partial charge in [0.25, 0.3) is 5.56 Å². The van der Waals surface area contributed by atoms with Crippen LogP contribution in [0.5, 0.6) is 0 Å². The third-order valence-corrected chi connectivity index (χ3v) is 8.21. The van der Waals surface area contributed by atoms with Crippen molar-refractivity contribution in [3.8, 4) is 5.69 Å². The van der Waals surface area contributed by atoms with E-state index in [4.69, 9.17) is 16.3 Å². The quantitative estimate of drug-likeness (QED) is 0.432. The van der Waals surface area contributed by atoms with E-state index in [-0.39, 0.29) is 12.3 Å². The molecule has 0 fully saturated rings. The number of anilines is 2. The number of rotatable bonds is 5. The SMILES string of the molecule is CCOC(=O)c1cn(-c2ccc3c(c2)N(C)S(O)(O)N3C)c(=O)n(Cc2cccc(Cl)c2C(F)(F)F)c1=O. The minimum atomic E-state index is -4.88. The third kappa shape index (κ3) is 4.53. The summed E-state index contributed by atoms with van der Waals surface area (Å²) in [7, 11) is -0.461. The first-order chi connectivity index (χ1) is 17.7. The van der Waals surface area contributed by atoms with Crippen LogP contribution in [-0.2, 0) is 17.5 Å². The zero-order valence-corrected chi connectivity index (χ0v) is 21.8. The first-order valence-electron chi connectivity index (χ1n) is 11.0. The summed E-state index contributed by atoms with van der Waals surface area (Å²) in [4.78, 5) is 39.2. The summed E-state index contributed by atoms with van der Waals surface area (Å²) >= 11 is 5.80. The van der Waals surface area contributed by atoms with Gasteiger partial charge in [0.05, 0.1) is 40.8 Å². The number of carbonyl (C=O) groups excluding carboxylic acids is 1. The Hall–Kier alpha value is -3.46. The Labute approximate surface area is 220 Å². The van der Waals surface area contributed by atoms with Gasteiger partial charge in [-0.05, 0) is 47.7 Å². The van der Waals surface area contributed by atoms with E-state index >= 15 is 0 Å². The molecule has 0 unspecified atom stereocenters. The summed E-state index contributed by atoms with van der Waals surface area (Å²) < 4.78 is 70.8. The van der Waals surface area contributed by atoms with E-state index in [1.165, 1.54) is 53.9 Å². The second-order valence-corrected chi connectivity index (χ2v) is 10.7. The molecule has 2 heterocycles. The van der Waals surface area contributed by atoms with Crippen molar-refractivity contribution in [1.29, 1.82) is 0 Å². The lowest BCUT2D eigenvalue weighted by Crippen LogP contribution is -2.42. The first-order valence-corrected chi connectivity index (χ1v) is 12.8. The summed E-state index contributed by atoms with van der Waals surface area (Å²) in [5.74, 6) is -1.07. The minimum absolute atomic E-state index is 0.0995. The molecular formula is C23H22ClF3N4O6S. The molecule has 0 bridgehead atoms. The number of alkyl halides is 3. The Morgan fingerprint density at radius 3 is 2.37 bits per heavy atom. The Bertz CT molecular complexity index is 1560. The molecular weight excluding hydrogens is 553 g/mol. The van der Waals surface area contributed by atoms with Crippen LogP contribution in [-0.4, -0.2) is 44.9 Å². The highest BCUT2D eigenvalue weighted by Crippen LogP contribution is 2.59. The average Bonchev–Trinajstić information content (AvgIpc) is 3.00. The van der Waals surface area contributed by atoms with Crippen LogP contribution in [0.25, 0.3) is 5.69 Å². The van der Waals surface area contributed by atoms with E-state index in [1.54, 1.807) is 0 Å². The van der Waals surface area contributed by atoms with Crippen molar-refractivity contribution in [3.05, 3.63) is 85.1 Å². The van der Waals surface area contributed by atoms with Gasteiger partial charge >= 0.3 is 17.8 Å². The summed E-state index contributed by atoms with van der Waals surface area (Å²) in [6.07, 6.45) is -3.94. The fourth-order valence-corrected chi connectivity index (χ4v) is 5.59. The predicted octanol–water partition coefficient (Wildman–Crippen LogP) is 4.36. The van der Waals surface area contributed by atoms with E-state index in [2.05, 4.69) is 0 Å². The van der Waals surface area contributed by atoms with Crippen molar-refractivity contribution in [2.24, 2.45) is 0 Å². The maximum absolute atomic E-state index is 13.7. The monoisotopic (exact) mass is 574 g/mol. The van der Waals surface area contributed by atoms with E-state index in [0.29, 0.717) is 15.9 Å². The van der Waals surface area contributed by atoms with Gasteiger partial charge in [-0.2, -0.15) is 13.2 Å². The highest BCUT2D eigenvalue weighted by molar-refractivity contribution is 8.26. The molecule has 1 aromatic heterocycles. The molecule has 0 aliphatic carbocycles. The molecule has 1 aliphatic heterocycles. The number of hydrogen-bond donors (Lipinski definition) is 2. The molecule has 3 aromatic rings. The predicted molar refractivity (Wildman–Crippen MR) is 137 cm³/mol. The van der Waals surface area contributed by atoms with Crippen molar-refractivity contribution >= 4 is 39.9 Å². The van der Waals surface area contributed by atoms with E-state index in [0.717, 1.165) is 22.9 Å². The van der Waals surface area contributed by atoms with Crippen molar-refractivity contribution in [2.45, 2.75) is 19.6 Å². The molecule has 0 saturated heterocycles. The molecule has 38 heavy (non-hydrogen) atoms. The number of carbonyl (C=O) groups is 1. The van der Waals surface area contributed by atoms with Gasteiger partial charge in [0.15, 0.2) is 0 Å². The topological polar surface area (TPSA) is 117 Å². The van der Waals surface area contributed by atoms with Crippen molar-refractivity contribution in [2.75, 3.05) is 29.3 Å². The standard InChI is InChI=1S/C23H22ClF3N4O6S/c1-4-37-21(33)15-12-30(14-8-9-17-18(10-14)29(3)38(35,36)28(17)2)22(34)31(20(15)32)11-13-6-5-7-16(24)19(13)23(25,26)27/h5-10,12,35-36H,4,11H2,1-3H3.